The molecule has 2 aliphatic heterocycles. The highest BCUT2D eigenvalue weighted by Gasteiger charge is 2.41. The van der Waals surface area contributed by atoms with Gasteiger partial charge in [-0.2, -0.15) is 8.42 Å². The lowest BCUT2D eigenvalue weighted by molar-refractivity contribution is -0.00756. The van der Waals surface area contributed by atoms with Crippen LogP contribution in [-0.2, 0) is 19.0 Å². The second-order valence-electron chi connectivity index (χ2n) is 8.05. The summed E-state index contributed by atoms with van der Waals surface area (Å²) in [4.78, 5) is 16.3. The summed E-state index contributed by atoms with van der Waals surface area (Å²) < 4.78 is 32.5. The van der Waals surface area contributed by atoms with Crippen LogP contribution in [-0.4, -0.2) is 68.6 Å². The largest absolute Gasteiger partial charge is 0.416 e. The summed E-state index contributed by atoms with van der Waals surface area (Å²) in [5, 5.41) is 0. The lowest BCUT2D eigenvalue weighted by atomic mass is 9.89. The molecule has 3 rings (SSSR count). The van der Waals surface area contributed by atoms with Gasteiger partial charge in [0.1, 0.15) is 0 Å². The Labute approximate surface area is 157 Å². The number of carbonyl (C=O) groups excluding carboxylic acids is 1. The molecule has 1 saturated carbocycles. The van der Waals surface area contributed by atoms with E-state index in [0.717, 1.165) is 31.8 Å². The van der Waals surface area contributed by atoms with Gasteiger partial charge in [-0.25, -0.2) is 8.98 Å². The molecule has 7 nitrogen and oxygen atoms in total. The smallest absolute Gasteiger partial charge is 0.412 e. The third-order valence-electron chi connectivity index (χ3n) is 6.13. The second-order valence-corrected chi connectivity index (χ2v) is 9.65. The number of nitrogens with zero attached hydrogens (tertiary/aromatic N) is 2. The van der Waals surface area contributed by atoms with E-state index >= 15 is 0 Å². The van der Waals surface area contributed by atoms with Crippen LogP contribution in [0, 0.1) is 5.92 Å². The Kier molecular flexibility index (Phi) is 6.45. The molecule has 26 heavy (non-hydrogen) atoms. The summed E-state index contributed by atoms with van der Waals surface area (Å²) >= 11 is 0. The molecule has 150 valence electrons. The van der Waals surface area contributed by atoms with Crippen LogP contribution >= 0.6 is 0 Å². The molecule has 8 heteroatoms. The Morgan fingerprint density at radius 1 is 1.12 bits per heavy atom. The molecular weight excluding hydrogens is 356 g/mol. The van der Waals surface area contributed by atoms with Crippen molar-refractivity contribution in [2.45, 2.75) is 76.7 Å². The predicted molar refractivity (Wildman–Crippen MR) is 98.2 cm³/mol. The Balaban J connectivity index is 1.42. The lowest BCUT2D eigenvalue weighted by Gasteiger charge is -2.39. The number of cyclic esters (lactones) is 1. The maximum absolute atomic E-state index is 12.0. The summed E-state index contributed by atoms with van der Waals surface area (Å²) in [6, 6.07) is 0.395. The Hall–Kier alpha value is -0.860. The topological polar surface area (TPSA) is 76.2 Å². The van der Waals surface area contributed by atoms with Crippen LogP contribution in [0.5, 0.6) is 0 Å². The zero-order valence-electron chi connectivity index (χ0n) is 15.9. The first kappa shape index (κ1) is 19.9. The second kappa shape index (κ2) is 8.44. The standard InChI is InChI=1S/C18H32N2O5S/c1-14-17(25-26(2,22)23)24-18(21)20(14)13-10-15-8-11-19(12-9-15)16-6-4-3-5-7-16/h14-17H,3-13H2,1-2H3. The molecule has 2 atom stereocenters. The highest BCUT2D eigenvalue weighted by atomic mass is 32.2. The number of amides is 1. The van der Waals surface area contributed by atoms with Crippen molar-refractivity contribution in [3.8, 4) is 0 Å². The van der Waals surface area contributed by atoms with E-state index in [4.69, 9.17) is 8.92 Å². The van der Waals surface area contributed by atoms with Crippen LogP contribution in [0.25, 0.3) is 0 Å². The van der Waals surface area contributed by atoms with E-state index in [1.165, 1.54) is 44.9 Å². The normalized spacial score (nSPS) is 29.9. The maximum Gasteiger partial charge on any atom is 0.412 e. The Morgan fingerprint density at radius 3 is 2.38 bits per heavy atom. The highest BCUT2D eigenvalue weighted by Crippen LogP contribution is 2.29. The van der Waals surface area contributed by atoms with E-state index in [1.807, 2.05) is 0 Å². The van der Waals surface area contributed by atoms with Gasteiger partial charge in [-0.3, -0.25) is 4.90 Å². The van der Waals surface area contributed by atoms with E-state index < -0.39 is 22.5 Å². The quantitative estimate of drug-likeness (QED) is 0.651. The van der Waals surface area contributed by atoms with Gasteiger partial charge in [-0.1, -0.05) is 19.3 Å². The monoisotopic (exact) mass is 388 g/mol. The molecule has 2 unspecified atom stereocenters. The van der Waals surface area contributed by atoms with Crippen LogP contribution in [0.1, 0.15) is 58.3 Å². The first-order valence-corrected chi connectivity index (χ1v) is 11.7. The van der Waals surface area contributed by atoms with Gasteiger partial charge in [-0.05, 0) is 58.0 Å². The molecular formula is C18H32N2O5S. The van der Waals surface area contributed by atoms with Gasteiger partial charge in [0, 0.05) is 12.6 Å². The fourth-order valence-electron chi connectivity index (χ4n) is 4.52. The van der Waals surface area contributed by atoms with Gasteiger partial charge in [0.05, 0.1) is 12.3 Å². The minimum atomic E-state index is -3.65. The van der Waals surface area contributed by atoms with E-state index in [0.29, 0.717) is 12.5 Å². The predicted octanol–water partition coefficient (Wildman–Crippen LogP) is 2.56. The molecule has 1 amide bonds. The third kappa shape index (κ3) is 5.10. The van der Waals surface area contributed by atoms with E-state index in [1.54, 1.807) is 11.8 Å². The van der Waals surface area contributed by atoms with Crippen molar-refractivity contribution in [3.63, 3.8) is 0 Å². The Morgan fingerprint density at radius 2 is 1.77 bits per heavy atom. The average Bonchev–Trinajstić information content (AvgIpc) is 2.86. The Bertz CT molecular complexity index is 582. The number of rotatable bonds is 6. The number of ether oxygens (including phenoxy) is 1. The van der Waals surface area contributed by atoms with Gasteiger partial charge in [0.25, 0.3) is 10.1 Å². The fraction of sp³-hybridized carbons (Fsp3) is 0.944. The molecule has 0 spiro atoms. The van der Waals surface area contributed by atoms with E-state index in [2.05, 4.69) is 4.90 Å². The minimum Gasteiger partial charge on any atom is -0.416 e. The number of hydrogen-bond donors (Lipinski definition) is 0. The van der Waals surface area contributed by atoms with Crippen molar-refractivity contribution < 1.29 is 22.1 Å². The summed E-state index contributed by atoms with van der Waals surface area (Å²) in [5.41, 5.74) is 0. The van der Waals surface area contributed by atoms with Crippen molar-refractivity contribution in [2.24, 2.45) is 5.92 Å². The number of hydrogen-bond acceptors (Lipinski definition) is 6. The van der Waals surface area contributed by atoms with Gasteiger partial charge < -0.3 is 9.64 Å². The average molecular weight is 389 g/mol. The summed E-state index contributed by atoms with van der Waals surface area (Å²) in [6.45, 7) is 4.69. The van der Waals surface area contributed by atoms with Gasteiger partial charge in [0.15, 0.2) is 0 Å². The number of carbonyl (C=O) groups is 1. The van der Waals surface area contributed by atoms with E-state index in [9.17, 15) is 13.2 Å². The maximum atomic E-state index is 12.0. The molecule has 2 saturated heterocycles. The van der Waals surface area contributed by atoms with Crippen LogP contribution in [0.2, 0.25) is 0 Å². The van der Waals surface area contributed by atoms with Crippen LogP contribution in [0.15, 0.2) is 0 Å². The molecule has 2 heterocycles. The third-order valence-corrected chi connectivity index (χ3v) is 6.66. The first-order valence-electron chi connectivity index (χ1n) is 9.93. The zero-order valence-corrected chi connectivity index (χ0v) is 16.7. The molecule has 3 fully saturated rings. The zero-order chi connectivity index (χ0) is 18.7. The highest BCUT2D eigenvalue weighted by molar-refractivity contribution is 7.86. The SMILES string of the molecule is CC1C(OS(C)(=O)=O)OC(=O)N1CCC1CCN(C2CCCCC2)CC1. The molecule has 0 radical (unpaired) electrons. The van der Waals surface area contributed by atoms with Gasteiger partial charge >= 0.3 is 6.09 Å². The van der Waals surface area contributed by atoms with E-state index in [-0.39, 0.29) is 6.04 Å². The first-order chi connectivity index (χ1) is 12.3. The minimum absolute atomic E-state index is 0.389. The number of likely N-dealkylation sites (tertiary alicyclic amines) is 1. The molecule has 1 aliphatic carbocycles. The summed E-state index contributed by atoms with van der Waals surface area (Å²) in [7, 11) is -3.65. The summed E-state index contributed by atoms with van der Waals surface area (Å²) in [5.74, 6) is 0.615. The molecule has 0 N–H and O–H groups in total. The van der Waals surface area contributed by atoms with Crippen molar-refractivity contribution in [1.82, 2.24) is 9.80 Å². The van der Waals surface area contributed by atoms with Crippen molar-refractivity contribution >= 4 is 16.2 Å². The van der Waals surface area contributed by atoms with Crippen LogP contribution < -0.4 is 0 Å². The van der Waals surface area contributed by atoms with Gasteiger partial charge in [0.2, 0.25) is 6.29 Å². The van der Waals surface area contributed by atoms with Crippen molar-refractivity contribution in [2.75, 3.05) is 25.9 Å². The lowest BCUT2D eigenvalue weighted by Crippen LogP contribution is -2.43. The van der Waals surface area contributed by atoms with Crippen LogP contribution in [0.4, 0.5) is 4.79 Å². The van der Waals surface area contributed by atoms with Crippen molar-refractivity contribution in [3.05, 3.63) is 0 Å². The molecule has 3 aliphatic rings. The molecule has 0 bridgehead atoms. The molecule has 0 aromatic carbocycles. The summed E-state index contributed by atoms with van der Waals surface area (Å²) in [6.07, 6.45) is 9.57. The number of piperidine rings is 1. The fourth-order valence-corrected chi connectivity index (χ4v) is 5.07. The van der Waals surface area contributed by atoms with Crippen LogP contribution in [0.3, 0.4) is 0 Å². The molecule has 0 aromatic rings. The van der Waals surface area contributed by atoms with Crippen molar-refractivity contribution in [1.29, 1.82) is 0 Å². The van der Waals surface area contributed by atoms with Gasteiger partial charge in [-0.15, -0.1) is 0 Å². The molecule has 0 aromatic heterocycles.